The highest BCUT2D eigenvalue weighted by molar-refractivity contribution is 5.78. The Morgan fingerprint density at radius 2 is 1.96 bits per heavy atom. The van der Waals surface area contributed by atoms with Crippen LogP contribution in [0.1, 0.15) is 52.9 Å². The van der Waals surface area contributed by atoms with E-state index >= 15 is 0 Å². The first kappa shape index (κ1) is 20.4. The second-order valence-corrected chi connectivity index (χ2v) is 9.15. The molecule has 0 spiro atoms. The van der Waals surface area contributed by atoms with Crippen molar-refractivity contribution >= 4 is 12.0 Å². The predicted molar refractivity (Wildman–Crippen MR) is 102 cm³/mol. The summed E-state index contributed by atoms with van der Waals surface area (Å²) in [6.07, 6.45) is 5.38. The van der Waals surface area contributed by atoms with E-state index in [4.69, 9.17) is 9.47 Å². The number of hydrogen-bond acceptors (Lipinski definition) is 5. The van der Waals surface area contributed by atoms with E-state index < -0.39 is 5.60 Å². The average molecular weight is 382 g/mol. The van der Waals surface area contributed by atoms with Crippen LogP contribution in [0.25, 0.3) is 0 Å². The molecule has 2 aliphatic carbocycles. The second-order valence-electron chi connectivity index (χ2n) is 9.15. The molecule has 7 nitrogen and oxygen atoms in total. The fourth-order valence-corrected chi connectivity index (χ4v) is 4.09. The molecule has 3 aliphatic rings. The van der Waals surface area contributed by atoms with Crippen molar-refractivity contribution in [3.05, 3.63) is 0 Å². The van der Waals surface area contributed by atoms with Gasteiger partial charge in [0.1, 0.15) is 5.60 Å². The normalized spacial score (nSPS) is 28.9. The van der Waals surface area contributed by atoms with E-state index in [9.17, 15) is 9.59 Å². The Bertz CT molecular complexity index is 530. The summed E-state index contributed by atoms with van der Waals surface area (Å²) in [5, 5.41) is 6.44. The maximum atomic E-state index is 12.7. The van der Waals surface area contributed by atoms with E-state index in [1.165, 1.54) is 12.8 Å². The molecule has 3 atom stereocenters. The fraction of sp³-hybridized carbons (Fsp3) is 0.900. The SMILES string of the molecule is CC(C)(C)OC(=O)N1CCOC[C@@H]1[C@@H]1CCC[C@@H]1NCC(=O)NCC1CC1. The number of amides is 2. The van der Waals surface area contributed by atoms with Crippen LogP contribution in [-0.2, 0) is 14.3 Å². The molecule has 1 saturated heterocycles. The van der Waals surface area contributed by atoms with Crippen LogP contribution in [0, 0.1) is 11.8 Å². The predicted octanol–water partition coefficient (Wildman–Crippen LogP) is 1.91. The number of morpholine rings is 1. The van der Waals surface area contributed by atoms with Gasteiger partial charge in [0, 0.05) is 19.1 Å². The zero-order valence-corrected chi connectivity index (χ0v) is 17.0. The van der Waals surface area contributed by atoms with Crippen LogP contribution in [-0.4, -0.2) is 67.4 Å². The van der Waals surface area contributed by atoms with Gasteiger partial charge in [0.25, 0.3) is 0 Å². The Labute approximate surface area is 162 Å². The standard InChI is InChI=1S/C20H35N3O4/c1-20(2,3)27-19(25)23-9-10-26-13-17(23)15-5-4-6-16(15)21-12-18(24)22-11-14-7-8-14/h14-17,21H,4-13H2,1-3H3,(H,22,24)/t15-,16+,17-/m1/s1. The molecule has 0 bridgehead atoms. The molecule has 0 aromatic carbocycles. The number of ether oxygens (including phenoxy) is 2. The summed E-state index contributed by atoms with van der Waals surface area (Å²) < 4.78 is 11.3. The number of hydrogen-bond donors (Lipinski definition) is 2. The molecule has 0 radical (unpaired) electrons. The van der Waals surface area contributed by atoms with E-state index in [0.717, 1.165) is 25.8 Å². The molecule has 27 heavy (non-hydrogen) atoms. The van der Waals surface area contributed by atoms with Crippen molar-refractivity contribution < 1.29 is 19.1 Å². The van der Waals surface area contributed by atoms with Gasteiger partial charge in [-0.25, -0.2) is 4.79 Å². The number of carbonyl (C=O) groups is 2. The maximum absolute atomic E-state index is 12.7. The topological polar surface area (TPSA) is 79.9 Å². The van der Waals surface area contributed by atoms with E-state index in [2.05, 4.69) is 10.6 Å². The van der Waals surface area contributed by atoms with Crippen molar-refractivity contribution in [3.63, 3.8) is 0 Å². The Balaban J connectivity index is 1.54. The van der Waals surface area contributed by atoms with E-state index in [1.54, 1.807) is 0 Å². The minimum atomic E-state index is -0.507. The molecule has 1 aliphatic heterocycles. The van der Waals surface area contributed by atoms with E-state index in [0.29, 0.717) is 32.2 Å². The van der Waals surface area contributed by atoms with Gasteiger partial charge < -0.3 is 25.0 Å². The lowest BCUT2D eigenvalue weighted by Gasteiger charge is -2.41. The Morgan fingerprint density at radius 3 is 2.67 bits per heavy atom. The van der Waals surface area contributed by atoms with Crippen molar-refractivity contribution in [1.29, 1.82) is 0 Å². The first-order chi connectivity index (χ1) is 12.8. The molecule has 3 fully saturated rings. The third kappa shape index (κ3) is 6.07. The average Bonchev–Trinajstić information content (AvgIpc) is 3.32. The molecule has 3 rings (SSSR count). The molecule has 154 valence electrons. The summed E-state index contributed by atoms with van der Waals surface area (Å²) in [4.78, 5) is 26.6. The highest BCUT2D eigenvalue weighted by atomic mass is 16.6. The molecule has 2 amide bonds. The molecular weight excluding hydrogens is 346 g/mol. The quantitative estimate of drug-likeness (QED) is 0.735. The zero-order chi connectivity index (χ0) is 19.4. The minimum Gasteiger partial charge on any atom is -0.444 e. The van der Waals surface area contributed by atoms with Gasteiger partial charge in [0.05, 0.1) is 25.8 Å². The monoisotopic (exact) mass is 381 g/mol. The maximum Gasteiger partial charge on any atom is 0.410 e. The largest absolute Gasteiger partial charge is 0.444 e. The first-order valence-corrected chi connectivity index (χ1v) is 10.4. The van der Waals surface area contributed by atoms with Gasteiger partial charge in [-0.1, -0.05) is 6.42 Å². The molecule has 2 saturated carbocycles. The lowest BCUT2D eigenvalue weighted by molar-refractivity contribution is -0.120. The van der Waals surface area contributed by atoms with Crippen LogP contribution in [0.3, 0.4) is 0 Å². The molecular formula is C20H35N3O4. The Morgan fingerprint density at radius 1 is 1.19 bits per heavy atom. The smallest absolute Gasteiger partial charge is 0.410 e. The second kappa shape index (κ2) is 8.78. The van der Waals surface area contributed by atoms with Crippen molar-refractivity contribution in [2.45, 2.75) is 70.6 Å². The molecule has 1 heterocycles. The van der Waals surface area contributed by atoms with Crippen molar-refractivity contribution in [2.75, 3.05) is 32.8 Å². The summed E-state index contributed by atoms with van der Waals surface area (Å²) in [5.74, 6) is 1.04. The molecule has 0 aromatic rings. The van der Waals surface area contributed by atoms with Crippen LogP contribution in [0.5, 0.6) is 0 Å². The van der Waals surface area contributed by atoms with Crippen molar-refractivity contribution in [3.8, 4) is 0 Å². The minimum absolute atomic E-state index is 0.00289. The van der Waals surface area contributed by atoms with Gasteiger partial charge in [0.2, 0.25) is 5.91 Å². The molecule has 0 unspecified atom stereocenters. The van der Waals surface area contributed by atoms with Crippen molar-refractivity contribution in [1.82, 2.24) is 15.5 Å². The summed E-state index contributed by atoms with van der Waals surface area (Å²) in [6.45, 7) is 8.46. The number of nitrogens with one attached hydrogen (secondary N) is 2. The van der Waals surface area contributed by atoms with Gasteiger partial charge in [0.15, 0.2) is 0 Å². The Kier molecular flexibility index (Phi) is 6.63. The lowest BCUT2D eigenvalue weighted by Crippen LogP contribution is -2.56. The van der Waals surface area contributed by atoms with Crippen molar-refractivity contribution in [2.24, 2.45) is 11.8 Å². The van der Waals surface area contributed by atoms with Crippen LogP contribution in [0.2, 0.25) is 0 Å². The van der Waals surface area contributed by atoms with Crippen LogP contribution in [0.4, 0.5) is 4.79 Å². The summed E-state index contributed by atoms with van der Waals surface area (Å²) in [5.41, 5.74) is -0.507. The molecule has 7 heteroatoms. The zero-order valence-electron chi connectivity index (χ0n) is 17.0. The highest BCUT2D eigenvalue weighted by Crippen LogP contribution is 2.33. The number of nitrogens with zero attached hydrogens (tertiary/aromatic N) is 1. The van der Waals surface area contributed by atoms with Gasteiger partial charge in [-0.15, -0.1) is 0 Å². The Hall–Kier alpha value is -1.34. The fourth-order valence-electron chi connectivity index (χ4n) is 4.09. The van der Waals surface area contributed by atoms with Gasteiger partial charge >= 0.3 is 6.09 Å². The molecule has 0 aromatic heterocycles. The summed E-state index contributed by atoms with van der Waals surface area (Å²) in [6, 6.07) is 0.233. The van der Waals surface area contributed by atoms with Gasteiger partial charge in [-0.3, -0.25) is 4.79 Å². The van der Waals surface area contributed by atoms with Crippen LogP contribution < -0.4 is 10.6 Å². The van der Waals surface area contributed by atoms with Crippen LogP contribution in [0.15, 0.2) is 0 Å². The number of carbonyl (C=O) groups excluding carboxylic acids is 2. The first-order valence-electron chi connectivity index (χ1n) is 10.4. The highest BCUT2D eigenvalue weighted by Gasteiger charge is 2.41. The third-order valence-corrected chi connectivity index (χ3v) is 5.67. The van der Waals surface area contributed by atoms with Crippen LogP contribution >= 0.6 is 0 Å². The van der Waals surface area contributed by atoms with Gasteiger partial charge in [-0.2, -0.15) is 0 Å². The van der Waals surface area contributed by atoms with E-state index in [1.807, 2.05) is 25.7 Å². The van der Waals surface area contributed by atoms with E-state index in [-0.39, 0.29) is 30.0 Å². The molecule has 2 N–H and O–H groups in total. The summed E-state index contributed by atoms with van der Waals surface area (Å²) >= 11 is 0. The summed E-state index contributed by atoms with van der Waals surface area (Å²) in [7, 11) is 0. The lowest BCUT2D eigenvalue weighted by atomic mass is 9.92. The number of rotatable bonds is 6. The third-order valence-electron chi connectivity index (χ3n) is 5.67. The van der Waals surface area contributed by atoms with Gasteiger partial charge in [-0.05, 0) is 58.3 Å².